The number of allylic oxidation sites excluding steroid dienone is 12. The van der Waals surface area contributed by atoms with Gasteiger partial charge in [-0.05, 0) is 64.2 Å². The number of quaternary nitrogens is 1. The van der Waals surface area contributed by atoms with Crippen molar-refractivity contribution in [3.8, 4) is 0 Å². The van der Waals surface area contributed by atoms with Gasteiger partial charge in [0.2, 0.25) is 0 Å². The summed E-state index contributed by atoms with van der Waals surface area (Å²) in [4.78, 5) is 37.1. The maximum atomic E-state index is 12.7. The fraction of sp³-hybridized carbons (Fsp3) is 0.706. The molecule has 0 aliphatic rings. The molecule has 0 aliphatic heterocycles. The molecule has 0 amide bonds. The van der Waals surface area contributed by atoms with Gasteiger partial charge in [-0.25, -0.2) is 4.79 Å². The monoisotopic (exact) mass is 827 g/mol. The molecule has 2 unspecified atom stereocenters. The lowest BCUT2D eigenvalue weighted by molar-refractivity contribution is -0.887. The van der Waals surface area contributed by atoms with Gasteiger partial charge in [0.25, 0.3) is 0 Å². The molecule has 0 heterocycles. The summed E-state index contributed by atoms with van der Waals surface area (Å²) in [7, 11) is 5.52. The van der Waals surface area contributed by atoms with Crippen LogP contribution in [-0.2, 0) is 28.6 Å². The highest BCUT2D eigenvalue weighted by molar-refractivity contribution is 5.72. The van der Waals surface area contributed by atoms with Crippen molar-refractivity contribution in [3.63, 3.8) is 0 Å². The molecule has 0 aliphatic carbocycles. The van der Waals surface area contributed by atoms with Gasteiger partial charge < -0.3 is 23.8 Å². The molecule has 0 aromatic carbocycles. The summed E-state index contributed by atoms with van der Waals surface area (Å²) >= 11 is 0. The van der Waals surface area contributed by atoms with Gasteiger partial charge in [0.15, 0.2) is 12.1 Å². The van der Waals surface area contributed by atoms with E-state index in [0.29, 0.717) is 19.3 Å². The molecular formula is C51H88NO7+. The minimum atomic E-state index is -0.880. The molecule has 1 N–H and O–H groups in total. The highest BCUT2D eigenvalue weighted by Crippen LogP contribution is 2.15. The fourth-order valence-corrected chi connectivity index (χ4v) is 6.58. The molecule has 0 saturated heterocycles. The Morgan fingerprint density at radius 1 is 0.525 bits per heavy atom. The largest absolute Gasteiger partial charge is 0.477 e. The SMILES string of the molecule is CC/C=C/C=C/C=C/CCCCCCCCCC(=O)OC(COCCC(C(=O)O)[N+](C)(C)C)COC(=O)CCCCCCCCCCCC/C=C/C/C=C/C/C=C/CC. The second-order valence-corrected chi connectivity index (χ2v) is 16.7. The van der Waals surface area contributed by atoms with Crippen LogP contribution in [0.15, 0.2) is 72.9 Å². The van der Waals surface area contributed by atoms with E-state index in [-0.39, 0.29) is 36.2 Å². The normalized spacial score (nSPS) is 13.6. The molecule has 8 nitrogen and oxygen atoms in total. The number of likely N-dealkylation sites (N-methyl/N-ethyl adjacent to an activating group) is 1. The summed E-state index contributed by atoms with van der Waals surface area (Å²) in [6.07, 6.45) is 52.3. The van der Waals surface area contributed by atoms with Gasteiger partial charge in [-0.3, -0.25) is 9.59 Å². The van der Waals surface area contributed by atoms with Crippen molar-refractivity contribution >= 4 is 17.9 Å². The summed E-state index contributed by atoms with van der Waals surface area (Å²) in [6.45, 7) is 4.48. The molecule has 0 bridgehead atoms. The van der Waals surface area contributed by atoms with Crippen molar-refractivity contribution in [2.24, 2.45) is 0 Å². The standard InChI is InChI=1S/C51H87NO7/c1-6-8-10-12-14-16-18-20-22-23-24-25-26-28-29-31-33-35-37-39-41-49(53)58-46-47(45-57-44-43-48(51(55)56)52(3,4)5)59-50(54)42-40-38-36-34-32-30-27-21-19-17-15-13-11-9-7-2/h8-11,13-17,19-20,22,47-48H,6-7,12,18,21,23-46H2,1-5H3/p+1/b10-8+,11-9+,15-13+,16-14+,19-17+,22-20+. The second kappa shape index (κ2) is 41.5. The number of aliphatic carboxylic acids is 1. The predicted octanol–water partition coefficient (Wildman–Crippen LogP) is 13.1. The number of ether oxygens (including phenoxy) is 3. The number of rotatable bonds is 41. The average Bonchev–Trinajstić information content (AvgIpc) is 3.19. The van der Waals surface area contributed by atoms with E-state index < -0.39 is 18.1 Å². The minimum absolute atomic E-state index is 0.0520. The first-order valence-electron chi connectivity index (χ1n) is 23.5. The number of carbonyl (C=O) groups is 3. The molecule has 8 heteroatoms. The molecule has 2 atom stereocenters. The quantitative estimate of drug-likeness (QED) is 0.0215. The van der Waals surface area contributed by atoms with Crippen molar-refractivity contribution in [1.82, 2.24) is 0 Å². The van der Waals surface area contributed by atoms with Gasteiger partial charge in [0, 0.05) is 19.3 Å². The van der Waals surface area contributed by atoms with E-state index in [1.54, 1.807) is 0 Å². The first-order valence-corrected chi connectivity index (χ1v) is 23.5. The summed E-state index contributed by atoms with van der Waals surface area (Å²) in [6, 6.07) is -0.620. The number of carboxylic acids is 1. The van der Waals surface area contributed by atoms with Gasteiger partial charge in [0.1, 0.15) is 6.61 Å². The molecule has 0 aromatic heterocycles. The minimum Gasteiger partial charge on any atom is -0.477 e. The third-order valence-electron chi connectivity index (χ3n) is 10.2. The Morgan fingerprint density at radius 2 is 0.983 bits per heavy atom. The van der Waals surface area contributed by atoms with E-state index in [4.69, 9.17) is 14.2 Å². The topological polar surface area (TPSA) is 99.1 Å². The van der Waals surface area contributed by atoms with Crippen LogP contribution >= 0.6 is 0 Å². The Kier molecular flexibility index (Phi) is 39.2. The van der Waals surface area contributed by atoms with Crippen LogP contribution in [0.1, 0.15) is 181 Å². The molecule has 0 aromatic rings. The average molecular weight is 827 g/mol. The zero-order chi connectivity index (χ0) is 43.5. The molecule has 0 saturated carbocycles. The van der Waals surface area contributed by atoms with Gasteiger partial charge in [-0.15, -0.1) is 0 Å². The van der Waals surface area contributed by atoms with Crippen LogP contribution in [0.2, 0.25) is 0 Å². The van der Waals surface area contributed by atoms with Crippen molar-refractivity contribution in [2.75, 3.05) is 41.0 Å². The van der Waals surface area contributed by atoms with Crippen LogP contribution in [0.3, 0.4) is 0 Å². The van der Waals surface area contributed by atoms with Gasteiger partial charge in [0.05, 0.1) is 34.4 Å². The number of unbranched alkanes of at least 4 members (excludes halogenated alkanes) is 17. The maximum absolute atomic E-state index is 12.7. The Morgan fingerprint density at radius 3 is 1.51 bits per heavy atom. The van der Waals surface area contributed by atoms with E-state index in [9.17, 15) is 19.5 Å². The maximum Gasteiger partial charge on any atom is 0.362 e. The van der Waals surface area contributed by atoms with Crippen LogP contribution in [0.25, 0.3) is 0 Å². The van der Waals surface area contributed by atoms with Gasteiger partial charge in [-0.1, -0.05) is 170 Å². The fourth-order valence-electron chi connectivity index (χ4n) is 6.58. The Hall–Kier alpha value is -3.23. The van der Waals surface area contributed by atoms with E-state index in [0.717, 1.165) is 77.0 Å². The second-order valence-electron chi connectivity index (χ2n) is 16.7. The van der Waals surface area contributed by atoms with E-state index >= 15 is 0 Å². The Balaban J connectivity index is 4.29. The molecule has 338 valence electrons. The Bertz CT molecular complexity index is 1190. The number of carboxylic acid groups (broad SMARTS) is 1. The van der Waals surface area contributed by atoms with Crippen LogP contribution < -0.4 is 0 Å². The smallest absolute Gasteiger partial charge is 0.362 e. The highest BCUT2D eigenvalue weighted by Gasteiger charge is 2.31. The first kappa shape index (κ1) is 55.8. The number of carbonyl (C=O) groups excluding carboxylic acids is 2. The van der Waals surface area contributed by atoms with E-state index in [1.165, 1.54) is 70.6 Å². The molecule has 59 heavy (non-hydrogen) atoms. The van der Waals surface area contributed by atoms with Crippen LogP contribution in [0.5, 0.6) is 0 Å². The molecule has 0 rings (SSSR count). The third-order valence-corrected chi connectivity index (χ3v) is 10.2. The van der Waals surface area contributed by atoms with E-state index in [2.05, 4.69) is 86.8 Å². The zero-order valence-electron chi connectivity index (χ0n) is 38.4. The Labute approximate surface area is 361 Å². The summed E-state index contributed by atoms with van der Waals surface area (Å²) in [5.41, 5.74) is 0. The van der Waals surface area contributed by atoms with Gasteiger partial charge in [-0.2, -0.15) is 0 Å². The predicted molar refractivity (Wildman–Crippen MR) is 247 cm³/mol. The summed E-state index contributed by atoms with van der Waals surface area (Å²) in [5, 5.41) is 9.63. The lowest BCUT2D eigenvalue weighted by Crippen LogP contribution is -2.50. The molecular weight excluding hydrogens is 739 g/mol. The molecule has 0 spiro atoms. The zero-order valence-corrected chi connectivity index (χ0v) is 38.4. The number of esters is 2. The van der Waals surface area contributed by atoms with Crippen LogP contribution in [0, 0.1) is 0 Å². The van der Waals surface area contributed by atoms with Crippen LogP contribution in [-0.4, -0.2) is 80.6 Å². The molecule has 0 fully saturated rings. The van der Waals surface area contributed by atoms with Gasteiger partial charge >= 0.3 is 17.9 Å². The van der Waals surface area contributed by atoms with Crippen molar-refractivity contribution in [2.45, 2.75) is 193 Å². The van der Waals surface area contributed by atoms with E-state index in [1.807, 2.05) is 21.1 Å². The van der Waals surface area contributed by atoms with Crippen molar-refractivity contribution in [3.05, 3.63) is 72.9 Å². The summed E-state index contributed by atoms with van der Waals surface area (Å²) < 4.78 is 17.3. The molecule has 0 radical (unpaired) electrons. The number of nitrogens with zero attached hydrogens (tertiary/aromatic N) is 1. The first-order chi connectivity index (χ1) is 28.6. The highest BCUT2D eigenvalue weighted by atomic mass is 16.6. The summed E-state index contributed by atoms with van der Waals surface area (Å²) in [5.74, 6) is -1.49. The third kappa shape index (κ3) is 40.0. The van der Waals surface area contributed by atoms with Crippen LogP contribution in [0.4, 0.5) is 0 Å². The van der Waals surface area contributed by atoms with Crippen molar-refractivity contribution < 1.29 is 38.2 Å². The lowest BCUT2D eigenvalue weighted by atomic mass is 10.1. The number of hydrogen-bond donors (Lipinski definition) is 1. The lowest BCUT2D eigenvalue weighted by Gasteiger charge is -2.31. The van der Waals surface area contributed by atoms with Crippen molar-refractivity contribution in [1.29, 1.82) is 0 Å². The number of hydrogen-bond acceptors (Lipinski definition) is 6.